The molecule has 1 aliphatic heterocycles. The van der Waals surface area contributed by atoms with Gasteiger partial charge in [0, 0.05) is 18.7 Å². The van der Waals surface area contributed by atoms with Crippen molar-refractivity contribution in [3.63, 3.8) is 0 Å². The van der Waals surface area contributed by atoms with Crippen LogP contribution in [0.1, 0.15) is 10.4 Å². The number of nitrogens with two attached hydrogens (primary N) is 1. The Kier molecular flexibility index (Phi) is 4.79. The Morgan fingerprint density at radius 2 is 1.94 bits per heavy atom. The lowest BCUT2D eigenvalue weighted by molar-refractivity contribution is 0.0300. The predicted molar refractivity (Wildman–Crippen MR) is 114 cm³/mol. The van der Waals surface area contributed by atoms with E-state index in [1.807, 2.05) is 24.3 Å². The molecule has 0 atom stereocenters. The van der Waals surface area contributed by atoms with Crippen LogP contribution in [0.15, 0.2) is 48.7 Å². The Hall–Kier alpha value is -3.85. The molecule has 3 N–H and O–H groups in total. The number of nitrogen functional groups attached to an aromatic ring is 1. The number of ether oxygens (including phenoxy) is 1. The van der Waals surface area contributed by atoms with E-state index < -0.39 is 5.82 Å². The maximum Gasteiger partial charge on any atom is 0.257 e. The fourth-order valence-electron chi connectivity index (χ4n) is 3.56. The second-order valence-electron chi connectivity index (χ2n) is 7.19. The highest BCUT2D eigenvalue weighted by Crippen LogP contribution is 2.27. The number of aromatic nitrogens is 4. The van der Waals surface area contributed by atoms with Crippen LogP contribution >= 0.6 is 0 Å². The van der Waals surface area contributed by atoms with Gasteiger partial charge in [0.25, 0.3) is 5.91 Å². The van der Waals surface area contributed by atoms with Crippen LogP contribution in [0, 0.1) is 5.82 Å². The van der Waals surface area contributed by atoms with E-state index in [4.69, 9.17) is 10.5 Å². The van der Waals surface area contributed by atoms with E-state index >= 15 is 0 Å². The van der Waals surface area contributed by atoms with E-state index in [1.165, 1.54) is 18.3 Å². The molecule has 8 nitrogen and oxygen atoms in total. The first-order chi connectivity index (χ1) is 15.1. The third-order valence-corrected chi connectivity index (χ3v) is 5.21. The van der Waals surface area contributed by atoms with Crippen LogP contribution in [0.5, 0.6) is 0 Å². The van der Waals surface area contributed by atoms with Gasteiger partial charge >= 0.3 is 0 Å². The van der Waals surface area contributed by atoms with Gasteiger partial charge in [-0.1, -0.05) is 12.1 Å². The fourth-order valence-corrected chi connectivity index (χ4v) is 3.56. The van der Waals surface area contributed by atoms with E-state index in [0.717, 1.165) is 11.0 Å². The third-order valence-electron chi connectivity index (χ3n) is 5.21. The molecule has 5 rings (SSSR count). The smallest absolute Gasteiger partial charge is 0.257 e. The van der Waals surface area contributed by atoms with Crippen molar-refractivity contribution in [1.82, 2.24) is 24.8 Å². The van der Waals surface area contributed by atoms with E-state index in [1.54, 1.807) is 11.0 Å². The largest absolute Gasteiger partial charge is 0.382 e. The van der Waals surface area contributed by atoms with E-state index in [0.29, 0.717) is 49.1 Å². The lowest BCUT2D eigenvalue weighted by Crippen LogP contribution is -2.41. The molecular formula is C22H19FN6O2. The first-order valence-corrected chi connectivity index (χ1v) is 9.85. The normalized spacial score (nSPS) is 14.2. The highest BCUT2D eigenvalue weighted by Gasteiger charge is 2.22. The standard InChI is InChI=1S/C22H19FN6O2/c23-15-6-5-13(11-14(15)22(30)29-7-9-31-10-8-29)18-12-25-20(24)19(26-18)21-27-16-3-1-2-4-17(16)28-21/h1-6,11-12H,7-10H2,(H2,24,25)(H,27,28). The SMILES string of the molecule is Nc1ncc(-c2ccc(F)c(C(=O)N3CCOCC3)c2)nc1-c1nc2ccccc2[nH]1. The molecule has 2 aromatic heterocycles. The molecule has 0 unspecified atom stereocenters. The molecule has 156 valence electrons. The summed E-state index contributed by atoms with van der Waals surface area (Å²) in [7, 11) is 0. The van der Waals surface area contributed by atoms with Gasteiger partial charge in [0.15, 0.2) is 11.6 Å². The van der Waals surface area contributed by atoms with Crippen LogP contribution in [0.3, 0.4) is 0 Å². The molecule has 0 radical (unpaired) electrons. The Balaban J connectivity index is 1.53. The number of nitrogens with one attached hydrogen (secondary N) is 1. The molecule has 9 heteroatoms. The number of aromatic amines is 1. The van der Waals surface area contributed by atoms with Gasteiger partial charge in [0.05, 0.1) is 41.7 Å². The molecule has 0 bridgehead atoms. The van der Waals surface area contributed by atoms with Crippen molar-refractivity contribution < 1.29 is 13.9 Å². The van der Waals surface area contributed by atoms with Gasteiger partial charge < -0.3 is 20.4 Å². The number of anilines is 1. The van der Waals surface area contributed by atoms with Gasteiger partial charge in [-0.3, -0.25) is 4.79 Å². The maximum absolute atomic E-state index is 14.5. The summed E-state index contributed by atoms with van der Waals surface area (Å²) in [6.07, 6.45) is 1.50. The van der Waals surface area contributed by atoms with E-state index in [2.05, 4.69) is 19.9 Å². The zero-order valence-electron chi connectivity index (χ0n) is 16.5. The second kappa shape index (κ2) is 7.77. The average molecular weight is 418 g/mol. The third kappa shape index (κ3) is 3.59. The van der Waals surface area contributed by atoms with Crippen molar-refractivity contribution in [2.75, 3.05) is 32.0 Å². The summed E-state index contributed by atoms with van der Waals surface area (Å²) >= 11 is 0. The summed E-state index contributed by atoms with van der Waals surface area (Å²) in [5.41, 5.74) is 9.08. The minimum Gasteiger partial charge on any atom is -0.382 e. The summed E-state index contributed by atoms with van der Waals surface area (Å²) < 4.78 is 19.7. The van der Waals surface area contributed by atoms with Crippen molar-refractivity contribution >= 4 is 22.8 Å². The number of amides is 1. The summed E-state index contributed by atoms with van der Waals surface area (Å²) in [6.45, 7) is 1.75. The van der Waals surface area contributed by atoms with E-state index in [9.17, 15) is 9.18 Å². The van der Waals surface area contributed by atoms with Gasteiger partial charge in [-0.2, -0.15) is 0 Å². The predicted octanol–water partition coefficient (Wildman–Crippen LogP) is 2.88. The number of para-hydroxylation sites is 2. The number of carbonyl (C=O) groups excluding carboxylic acids is 1. The Morgan fingerprint density at radius 1 is 1.13 bits per heavy atom. The zero-order chi connectivity index (χ0) is 21.4. The number of hydrogen-bond donors (Lipinski definition) is 2. The number of carbonyl (C=O) groups is 1. The number of hydrogen-bond acceptors (Lipinski definition) is 6. The Labute approximate surface area is 176 Å². The van der Waals surface area contributed by atoms with Crippen LogP contribution in [-0.4, -0.2) is 57.0 Å². The second-order valence-corrected chi connectivity index (χ2v) is 7.19. The van der Waals surface area contributed by atoms with Crippen LogP contribution in [-0.2, 0) is 4.74 Å². The van der Waals surface area contributed by atoms with Gasteiger partial charge in [0.2, 0.25) is 0 Å². The highest BCUT2D eigenvalue weighted by molar-refractivity contribution is 5.95. The molecule has 4 aromatic rings. The lowest BCUT2D eigenvalue weighted by atomic mass is 10.1. The van der Waals surface area contributed by atoms with Crippen molar-refractivity contribution in [3.8, 4) is 22.8 Å². The summed E-state index contributed by atoms with van der Waals surface area (Å²) in [6, 6.07) is 11.9. The van der Waals surface area contributed by atoms with Crippen LogP contribution in [0.2, 0.25) is 0 Å². The average Bonchev–Trinajstić information content (AvgIpc) is 3.24. The summed E-state index contributed by atoms with van der Waals surface area (Å²) in [5, 5.41) is 0. The van der Waals surface area contributed by atoms with Gasteiger partial charge in [-0.05, 0) is 30.3 Å². The molecule has 0 spiro atoms. The number of morpholine rings is 1. The number of halogens is 1. The topological polar surface area (TPSA) is 110 Å². The first kappa shape index (κ1) is 19.1. The number of fused-ring (bicyclic) bond motifs is 1. The molecule has 1 fully saturated rings. The highest BCUT2D eigenvalue weighted by atomic mass is 19.1. The fraction of sp³-hybridized carbons (Fsp3) is 0.182. The van der Waals surface area contributed by atoms with Gasteiger partial charge in [-0.25, -0.2) is 19.3 Å². The number of rotatable bonds is 3. The van der Waals surface area contributed by atoms with Gasteiger partial charge in [-0.15, -0.1) is 0 Å². The number of imidazole rings is 1. The zero-order valence-corrected chi connectivity index (χ0v) is 16.5. The van der Waals surface area contributed by atoms with Crippen molar-refractivity contribution in [3.05, 3.63) is 60.0 Å². The van der Waals surface area contributed by atoms with Crippen LogP contribution < -0.4 is 5.73 Å². The Bertz CT molecular complexity index is 1250. The number of H-pyrrole nitrogens is 1. The first-order valence-electron chi connectivity index (χ1n) is 9.85. The molecule has 1 amide bonds. The number of benzene rings is 2. The molecule has 1 saturated heterocycles. The molecule has 1 aliphatic rings. The van der Waals surface area contributed by atoms with Crippen molar-refractivity contribution in [1.29, 1.82) is 0 Å². The molecular weight excluding hydrogens is 399 g/mol. The van der Waals surface area contributed by atoms with E-state index in [-0.39, 0.29) is 17.3 Å². The molecule has 0 aliphatic carbocycles. The van der Waals surface area contributed by atoms with Crippen molar-refractivity contribution in [2.24, 2.45) is 0 Å². The monoisotopic (exact) mass is 418 g/mol. The molecule has 0 saturated carbocycles. The van der Waals surface area contributed by atoms with Crippen molar-refractivity contribution in [2.45, 2.75) is 0 Å². The molecule has 2 aromatic carbocycles. The van der Waals surface area contributed by atoms with Crippen LogP contribution in [0.4, 0.5) is 10.2 Å². The van der Waals surface area contributed by atoms with Gasteiger partial charge in [0.1, 0.15) is 11.5 Å². The summed E-state index contributed by atoms with van der Waals surface area (Å²) in [4.78, 5) is 30.9. The Morgan fingerprint density at radius 3 is 2.74 bits per heavy atom. The maximum atomic E-state index is 14.5. The summed E-state index contributed by atoms with van der Waals surface area (Å²) in [5.74, 6) is -0.251. The minimum atomic E-state index is -0.582. The van der Waals surface area contributed by atoms with Crippen LogP contribution in [0.25, 0.3) is 33.8 Å². The quantitative estimate of drug-likeness (QED) is 0.529. The minimum absolute atomic E-state index is 0.0108. The molecule has 3 heterocycles. The lowest BCUT2D eigenvalue weighted by Gasteiger charge is -2.27. The molecule has 31 heavy (non-hydrogen) atoms. The number of nitrogens with zero attached hydrogens (tertiary/aromatic N) is 4.